The molecule has 1 aliphatic carbocycles. The van der Waals surface area contributed by atoms with Gasteiger partial charge >= 0.3 is 0 Å². The highest BCUT2D eigenvalue weighted by Gasteiger charge is 2.27. The molecule has 0 aromatic heterocycles. The molecule has 1 nitrogen and oxygen atoms in total. The van der Waals surface area contributed by atoms with Crippen LogP contribution in [0.15, 0.2) is 29.2 Å². The van der Waals surface area contributed by atoms with Gasteiger partial charge < -0.3 is 5.32 Å². The van der Waals surface area contributed by atoms with E-state index in [0.29, 0.717) is 6.04 Å². The van der Waals surface area contributed by atoms with Crippen molar-refractivity contribution in [2.24, 2.45) is 5.92 Å². The number of rotatable bonds is 5. The van der Waals surface area contributed by atoms with Crippen LogP contribution in [0.4, 0.5) is 5.69 Å². The van der Waals surface area contributed by atoms with E-state index in [-0.39, 0.29) is 0 Å². The number of anilines is 1. The van der Waals surface area contributed by atoms with E-state index in [2.05, 4.69) is 43.4 Å². The van der Waals surface area contributed by atoms with Crippen LogP contribution in [0.5, 0.6) is 0 Å². The monoisotopic (exact) mass is 221 g/mol. The van der Waals surface area contributed by atoms with E-state index in [0.717, 1.165) is 11.7 Å². The summed E-state index contributed by atoms with van der Waals surface area (Å²) < 4.78 is 0. The first-order valence-corrected chi connectivity index (χ1v) is 6.78. The number of thioether (sulfide) groups is 1. The second-order valence-corrected chi connectivity index (χ2v) is 5.51. The molecular weight excluding hydrogens is 202 g/mol. The molecule has 1 N–H and O–H groups in total. The van der Waals surface area contributed by atoms with Gasteiger partial charge in [0, 0.05) is 16.6 Å². The van der Waals surface area contributed by atoms with Gasteiger partial charge in [0.1, 0.15) is 0 Å². The van der Waals surface area contributed by atoms with Crippen molar-refractivity contribution in [3.05, 3.63) is 24.3 Å². The fraction of sp³-hybridized carbons (Fsp3) is 0.538. The highest BCUT2D eigenvalue weighted by atomic mass is 32.2. The Morgan fingerprint density at radius 1 is 1.40 bits per heavy atom. The third-order valence-electron chi connectivity index (χ3n) is 2.90. The normalized spacial score (nSPS) is 17.5. The van der Waals surface area contributed by atoms with Crippen LogP contribution in [0, 0.1) is 5.92 Å². The molecule has 0 amide bonds. The van der Waals surface area contributed by atoms with Gasteiger partial charge in [-0.15, -0.1) is 11.8 Å². The molecular formula is C13H19NS. The molecule has 0 aliphatic heterocycles. The zero-order valence-electron chi connectivity index (χ0n) is 9.49. The first-order valence-electron chi connectivity index (χ1n) is 5.79. The maximum absolute atomic E-state index is 3.64. The Balaban J connectivity index is 2.04. The summed E-state index contributed by atoms with van der Waals surface area (Å²) >= 11 is 1.91. The van der Waals surface area contributed by atoms with Crippen molar-refractivity contribution < 1.29 is 0 Å². The molecule has 15 heavy (non-hydrogen) atoms. The molecule has 1 aliphatic rings. The largest absolute Gasteiger partial charge is 0.381 e. The Labute approximate surface area is 96.7 Å². The summed E-state index contributed by atoms with van der Waals surface area (Å²) in [6.07, 6.45) is 2.80. The van der Waals surface area contributed by atoms with Gasteiger partial charge in [-0.3, -0.25) is 0 Å². The van der Waals surface area contributed by atoms with Gasteiger partial charge in [0.05, 0.1) is 0 Å². The summed E-state index contributed by atoms with van der Waals surface area (Å²) in [5, 5.41) is 3.64. The van der Waals surface area contributed by atoms with E-state index in [1.54, 1.807) is 0 Å². The lowest BCUT2D eigenvalue weighted by Crippen LogP contribution is -2.17. The first-order chi connectivity index (χ1) is 7.31. The molecule has 0 bridgehead atoms. The second kappa shape index (κ2) is 4.93. The van der Waals surface area contributed by atoms with Crippen molar-refractivity contribution in [1.29, 1.82) is 0 Å². The van der Waals surface area contributed by atoms with Crippen LogP contribution in [-0.2, 0) is 0 Å². The molecule has 0 heterocycles. The van der Waals surface area contributed by atoms with Crippen molar-refractivity contribution in [3.8, 4) is 0 Å². The molecule has 2 rings (SSSR count). The van der Waals surface area contributed by atoms with Crippen LogP contribution < -0.4 is 5.32 Å². The summed E-state index contributed by atoms with van der Waals surface area (Å²) in [6, 6.07) is 9.25. The van der Waals surface area contributed by atoms with Crippen molar-refractivity contribution >= 4 is 17.4 Å². The maximum atomic E-state index is 3.64. The molecule has 1 aromatic carbocycles. The summed E-state index contributed by atoms with van der Waals surface area (Å²) in [4.78, 5) is 1.38. The number of para-hydroxylation sites is 1. The van der Waals surface area contributed by atoms with Gasteiger partial charge in [-0.05, 0) is 43.6 Å². The zero-order chi connectivity index (χ0) is 10.7. The van der Waals surface area contributed by atoms with Gasteiger partial charge in [0.25, 0.3) is 0 Å². The summed E-state index contributed by atoms with van der Waals surface area (Å²) in [5.74, 6) is 2.04. The standard InChI is InChI=1S/C13H19NS/c1-3-15-13-7-5-4-6-12(13)14-10(2)11-8-9-11/h4-7,10-11,14H,3,8-9H2,1-2H3. The van der Waals surface area contributed by atoms with E-state index < -0.39 is 0 Å². The lowest BCUT2D eigenvalue weighted by Gasteiger charge is -2.17. The molecule has 0 spiro atoms. The average molecular weight is 221 g/mol. The fourth-order valence-corrected chi connectivity index (χ4v) is 2.59. The van der Waals surface area contributed by atoms with Crippen LogP contribution in [0.1, 0.15) is 26.7 Å². The first kappa shape index (κ1) is 10.9. The van der Waals surface area contributed by atoms with E-state index in [1.807, 2.05) is 11.8 Å². The molecule has 2 heteroatoms. The average Bonchev–Trinajstić information content (AvgIpc) is 3.04. The Kier molecular flexibility index (Phi) is 3.57. The third kappa shape index (κ3) is 2.91. The quantitative estimate of drug-likeness (QED) is 0.754. The molecule has 1 saturated carbocycles. The molecule has 1 aromatic rings. The number of nitrogens with one attached hydrogen (secondary N) is 1. The molecule has 82 valence electrons. The summed E-state index contributed by atoms with van der Waals surface area (Å²) in [7, 11) is 0. The minimum atomic E-state index is 0.628. The molecule has 1 unspecified atom stereocenters. The van der Waals surface area contributed by atoms with Gasteiger partial charge in [0.2, 0.25) is 0 Å². The van der Waals surface area contributed by atoms with E-state index in [4.69, 9.17) is 0 Å². The van der Waals surface area contributed by atoms with Gasteiger partial charge in [-0.1, -0.05) is 19.1 Å². The van der Waals surface area contributed by atoms with Crippen molar-refractivity contribution in [2.45, 2.75) is 37.6 Å². The molecule has 0 saturated heterocycles. The highest BCUT2D eigenvalue weighted by molar-refractivity contribution is 7.99. The maximum Gasteiger partial charge on any atom is 0.0480 e. The van der Waals surface area contributed by atoms with Gasteiger partial charge in [-0.2, -0.15) is 0 Å². The van der Waals surface area contributed by atoms with Gasteiger partial charge in [0.15, 0.2) is 0 Å². The topological polar surface area (TPSA) is 12.0 Å². The zero-order valence-corrected chi connectivity index (χ0v) is 10.3. The lowest BCUT2D eigenvalue weighted by molar-refractivity contribution is 0.692. The van der Waals surface area contributed by atoms with Crippen molar-refractivity contribution in [2.75, 3.05) is 11.1 Å². The van der Waals surface area contributed by atoms with E-state index in [9.17, 15) is 0 Å². The highest BCUT2D eigenvalue weighted by Crippen LogP contribution is 2.35. The Morgan fingerprint density at radius 2 is 2.13 bits per heavy atom. The minimum Gasteiger partial charge on any atom is -0.381 e. The Bertz CT molecular complexity index is 320. The molecule has 1 atom stereocenters. The Morgan fingerprint density at radius 3 is 2.80 bits per heavy atom. The molecule has 1 fully saturated rings. The van der Waals surface area contributed by atoms with Gasteiger partial charge in [-0.25, -0.2) is 0 Å². The number of hydrogen-bond acceptors (Lipinski definition) is 2. The predicted molar refractivity (Wildman–Crippen MR) is 68.6 cm³/mol. The predicted octanol–water partition coefficient (Wildman–Crippen LogP) is 4.01. The second-order valence-electron chi connectivity index (χ2n) is 4.20. The smallest absolute Gasteiger partial charge is 0.0480 e. The summed E-state index contributed by atoms with van der Waals surface area (Å²) in [5.41, 5.74) is 1.31. The fourth-order valence-electron chi connectivity index (χ4n) is 1.83. The number of benzene rings is 1. The van der Waals surface area contributed by atoms with Crippen LogP contribution in [-0.4, -0.2) is 11.8 Å². The van der Waals surface area contributed by atoms with Crippen LogP contribution in [0.25, 0.3) is 0 Å². The SMILES string of the molecule is CCSc1ccccc1NC(C)C1CC1. The number of hydrogen-bond donors (Lipinski definition) is 1. The van der Waals surface area contributed by atoms with Crippen molar-refractivity contribution in [3.63, 3.8) is 0 Å². The third-order valence-corrected chi connectivity index (χ3v) is 3.85. The Hall–Kier alpha value is -0.630. The minimum absolute atomic E-state index is 0.628. The van der Waals surface area contributed by atoms with E-state index >= 15 is 0 Å². The summed E-state index contributed by atoms with van der Waals surface area (Å²) in [6.45, 7) is 4.50. The van der Waals surface area contributed by atoms with E-state index in [1.165, 1.54) is 23.4 Å². The molecule has 0 radical (unpaired) electrons. The lowest BCUT2D eigenvalue weighted by atomic mass is 10.2. The van der Waals surface area contributed by atoms with Crippen LogP contribution in [0.3, 0.4) is 0 Å². The van der Waals surface area contributed by atoms with Crippen LogP contribution >= 0.6 is 11.8 Å². The van der Waals surface area contributed by atoms with Crippen LogP contribution in [0.2, 0.25) is 0 Å². The van der Waals surface area contributed by atoms with Crippen molar-refractivity contribution in [1.82, 2.24) is 0 Å².